The Morgan fingerprint density at radius 2 is 2.00 bits per heavy atom. The molecule has 7 heteroatoms. The van der Waals surface area contributed by atoms with E-state index in [1.807, 2.05) is 20.8 Å². The molecule has 0 unspecified atom stereocenters. The summed E-state index contributed by atoms with van der Waals surface area (Å²) in [6.45, 7) is 7.61. The molecule has 0 aromatic carbocycles. The second-order valence-corrected chi connectivity index (χ2v) is 8.37. The molecule has 1 fully saturated rings. The lowest BCUT2D eigenvalue weighted by Crippen LogP contribution is -2.38. The maximum absolute atomic E-state index is 12.3. The van der Waals surface area contributed by atoms with Crippen LogP contribution in [-0.2, 0) is 9.47 Å². The molecule has 0 radical (unpaired) electrons. The minimum absolute atomic E-state index is 0.233. The SMILES string of the molecule is CCOC(=O)c1cnc([C@@H](NC(=O)OC(C)(C)C)C2CCCCC2)s1. The first-order valence-corrected chi connectivity index (χ1v) is 9.74. The van der Waals surface area contributed by atoms with E-state index < -0.39 is 11.7 Å². The third-order valence-corrected chi connectivity index (χ3v) is 5.12. The average Bonchev–Trinajstić information content (AvgIpc) is 3.02. The number of rotatable bonds is 5. The van der Waals surface area contributed by atoms with Crippen molar-refractivity contribution in [1.29, 1.82) is 0 Å². The monoisotopic (exact) mass is 368 g/mol. The van der Waals surface area contributed by atoms with Crippen LogP contribution in [0.25, 0.3) is 0 Å². The molecule has 140 valence electrons. The van der Waals surface area contributed by atoms with Gasteiger partial charge in [0.25, 0.3) is 0 Å². The molecule has 1 amide bonds. The van der Waals surface area contributed by atoms with Crippen molar-refractivity contribution < 1.29 is 19.1 Å². The fraction of sp³-hybridized carbons (Fsp3) is 0.722. The van der Waals surface area contributed by atoms with Crippen LogP contribution in [-0.4, -0.2) is 29.3 Å². The number of esters is 1. The van der Waals surface area contributed by atoms with Gasteiger partial charge in [0, 0.05) is 0 Å². The van der Waals surface area contributed by atoms with Gasteiger partial charge in [-0.2, -0.15) is 0 Å². The van der Waals surface area contributed by atoms with Crippen molar-refractivity contribution in [3.05, 3.63) is 16.1 Å². The number of carbonyl (C=O) groups excluding carboxylic acids is 2. The highest BCUT2D eigenvalue weighted by atomic mass is 32.1. The van der Waals surface area contributed by atoms with Crippen LogP contribution in [0.3, 0.4) is 0 Å². The molecule has 1 aliphatic carbocycles. The number of amides is 1. The van der Waals surface area contributed by atoms with Crippen LogP contribution in [0.1, 0.15) is 80.5 Å². The highest BCUT2D eigenvalue weighted by Crippen LogP contribution is 2.36. The first kappa shape index (κ1) is 19.7. The predicted molar refractivity (Wildman–Crippen MR) is 96.8 cm³/mol. The van der Waals surface area contributed by atoms with E-state index in [-0.39, 0.29) is 12.0 Å². The van der Waals surface area contributed by atoms with Crippen molar-refractivity contribution in [2.24, 2.45) is 5.92 Å². The van der Waals surface area contributed by atoms with Crippen molar-refractivity contribution in [3.8, 4) is 0 Å². The smallest absolute Gasteiger partial charge is 0.408 e. The van der Waals surface area contributed by atoms with Gasteiger partial charge in [0.1, 0.15) is 15.5 Å². The lowest BCUT2D eigenvalue weighted by molar-refractivity contribution is 0.0474. The minimum Gasteiger partial charge on any atom is -0.462 e. The van der Waals surface area contributed by atoms with Gasteiger partial charge in [-0.1, -0.05) is 19.3 Å². The van der Waals surface area contributed by atoms with Crippen LogP contribution in [0.4, 0.5) is 4.79 Å². The summed E-state index contributed by atoms with van der Waals surface area (Å²) in [7, 11) is 0. The second kappa shape index (κ2) is 8.65. The topological polar surface area (TPSA) is 77.5 Å². The minimum atomic E-state index is -0.555. The molecule has 1 aromatic rings. The third kappa shape index (κ3) is 5.99. The normalized spacial score (nSPS) is 17.0. The van der Waals surface area contributed by atoms with Gasteiger partial charge >= 0.3 is 12.1 Å². The van der Waals surface area contributed by atoms with Gasteiger partial charge in [0.15, 0.2) is 0 Å². The molecule has 1 saturated carbocycles. The van der Waals surface area contributed by atoms with Crippen LogP contribution in [0.5, 0.6) is 0 Å². The van der Waals surface area contributed by atoms with E-state index in [0.717, 1.165) is 30.7 Å². The molecule has 0 aliphatic heterocycles. The number of nitrogens with zero attached hydrogens (tertiary/aromatic N) is 1. The maximum atomic E-state index is 12.3. The molecule has 1 aliphatic rings. The Hall–Kier alpha value is -1.63. The maximum Gasteiger partial charge on any atom is 0.408 e. The summed E-state index contributed by atoms with van der Waals surface area (Å²) < 4.78 is 10.4. The molecule has 2 rings (SSSR count). The highest BCUT2D eigenvalue weighted by Gasteiger charge is 2.31. The average molecular weight is 368 g/mol. The summed E-state index contributed by atoms with van der Waals surface area (Å²) in [6, 6.07) is -0.233. The van der Waals surface area contributed by atoms with Gasteiger partial charge in [-0.15, -0.1) is 11.3 Å². The van der Waals surface area contributed by atoms with Gasteiger partial charge in [-0.05, 0) is 46.5 Å². The van der Waals surface area contributed by atoms with Crippen molar-refractivity contribution in [2.45, 2.75) is 71.4 Å². The van der Waals surface area contributed by atoms with Crippen molar-refractivity contribution in [2.75, 3.05) is 6.61 Å². The number of thiazole rings is 1. The Balaban J connectivity index is 2.16. The Bertz CT molecular complexity index is 588. The molecule has 6 nitrogen and oxygen atoms in total. The summed E-state index contributed by atoms with van der Waals surface area (Å²) >= 11 is 1.29. The number of aromatic nitrogens is 1. The number of ether oxygens (including phenoxy) is 2. The summed E-state index contributed by atoms with van der Waals surface area (Å²) in [5, 5.41) is 3.72. The molecular weight excluding hydrogens is 340 g/mol. The summed E-state index contributed by atoms with van der Waals surface area (Å²) in [5.74, 6) is -0.0617. The van der Waals surface area contributed by atoms with E-state index in [4.69, 9.17) is 9.47 Å². The third-order valence-electron chi connectivity index (χ3n) is 4.06. The molecular formula is C18H28N2O4S. The van der Waals surface area contributed by atoms with E-state index in [1.165, 1.54) is 24.0 Å². The van der Waals surface area contributed by atoms with E-state index in [2.05, 4.69) is 10.3 Å². The van der Waals surface area contributed by atoms with Crippen LogP contribution in [0, 0.1) is 5.92 Å². The number of carbonyl (C=O) groups is 2. The molecule has 0 saturated heterocycles. The van der Waals surface area contributed by atoms with Crippen molar-refractivity contribution in [3.63, 3.8) is 0 Å². The van der Waals surface area contributed by atoms with Gasteiger partial charge in [0.2, 0.25) is 0 Å². The van der Waals surface area contributed by atoms with Crippen LogP contribution in [0.2, 0.25) is 0 Å². The Labute approximate surface area is 153 Å². The molecule has 1 atom stereocenters. The number of hydrogen-bond acceptors (Lipinski definition) is 6. The molecule has 1 N–H and O–H groups in total. The summed E-state index contributed by atoms with van der Waals surface area (Å²) in [4.78, 5) is 29.0. The molecule has 25 heavy (non-hydrogen) atoms. The standard InChI is InChI=1S/C18H28N2O4S/c1-5-23-16(21)13-11-19-15(25-13)14(12-9-7-6-8-10-12)20-17(22)24-18(2,3)4/h11-12,14H,5-10H2,1-4H3,(H,20,22)/t14-/m0/s1. The fourth-order valence-electron chi connectivity index (χ4n) is 3.01. The van der Waals surface area contributed by atoms with Crippen LogP contribution < -0.4 is 5.32 Å². The van der Waals surface area contributed by atoms with E-state index in [1.54, 1.807) is 6.92 Å². The quantitative estimate of drug-likeness (QED) is 0.776. The molecule has 1 heterocycles. The van der Waals surface area contributed by atoms with Gasteiger partial charge in [-0.25, -0.2) is 14.6 Å². The van der Waals surface area contributed by atoms with E-state index >= 15 is 0 Å². The number of alkyl carbamates (subject to hydrolysis) is 1. The lowest BCUT2D eigenvalue weighted by Gasteiger charge is -2.30. The Morgan fingerprint density at radius 3 is 2.60 bits per heavy atom. The predicted octanol–water partition coefficient (Wildman–Crippen LogP) is 4.47. The van der Waals surface area contributed by atoms with Gasteiger partial charge < -0.3 is 14.8 Å². The molecule has 0 bridgehead atoms. The van der Waals surface area contributed by atoms with Gasteiger partial charge in [-0.3, -0.25) is 0 Å². The first-order chi connectivity index (χ1) is 11.8. The highest BCUT2D eigenvalue weighted by molar-refractivity contribution is 7.13. The summed E-state index contributed by atoms with van der Waals surface area (Å²) in [5.41, 5.74) is -0.555. The van der Waals surface area contributed by atoms with E-state index in [0.29, 0.717) is 17.4 Å². The zero-order chi connectivity index (χ0) is 18.4. The molecule has 1 aromatic heterocycles. The van der Waals surface area contributed by atoms with Crippen molar-refractivity contribution in [1.82, 2.24) is 10.3 Å². The fourth-order valence-corrected chi connectivity index (χ4v) is 3.97. The van der Waals surface area contributed by atoms with E-state index in [9.17, 15) is 9.59 Å². The lowest BCUT2D eigenvalue weighted by atomic mass is 9.84. The Morgan fingerprint density at radius 1 is 1.32 bits per heavy atom. The Kier molecular flexibility index (Phi) is 6.81. The zero-order valence-electron chi connectivity index (χ0n) is 15.5. The number of hydrogen-bond donors (Lipinski definition) is 1. The van der Waals surface area contributed by atoms with Crippen molar-refractivity contribution >= 4 is 23.4 Å². The van der Waals surface area contributed by atoms with Crippen LogP contribution in [0.15, 0.2) is 6.20 Å². The second-order valence-electron chi connectivity index (χ2n) is 7.31. The van der Waals surface area contributed by atoms with Gasteiger partial charge in [0.05, 0.1) is 18.8 Å². The summed E-state index contributed by atoms with van der Waals surface area (Å²) in [6.07, 6.45) is 6.67. The number of nitrogens with one attached hydrogen (secondary N) is 1. The first-order valence-electron chi connectivity index (χ1n) is 8.92. The van der Waals surface area contributed by atoms with Crippen LogP contribution >= 0.6 is 11.3 Å². The molecule has 0 spiro atoms. The largest absolute Gasteiger partial charge is 0.462 e. The zero-order valence-corrected chi connectivity index (χ0v) is 16.3.